The van der Waals surface area contributed by atoms with E-state index in [0.717, 1.165) is 19.4 Å². The monoisotopic (exact) mass is 319 g/mol. The summed E-state index contributed by atoms with van der Waals surface area (Å²) in [5.41, 5.74) is 1.20. The molecular weight excluding hydrogens is 302 g/mol. The second kappa shape index (κ2) is 7.50. The van der Waals surface area contributed by atoms with Crippen molar-refractivity contribution in [3.8, 4) is 23.6 Å². The molecule has 0 N–H and O–H groups in total. The lowest BCUT2D eigenvalue weighted by molar-refractivity contribution is -0.0802. The molecule has 1 aliphatic heterocycles. The van der Waals surface area contributed by atoms with Gasteiger partial charge in [0, 0.05) is 6.54 Å². The molecule has 0 unspecified atom stereocenters. The smallest absolute Gasteiger partial charge is 0.147 e. The van der Waals surface area contributed by atoms with Crippen molar-refractivity contribution in [1.29, 1.82) is 10.5 Å². The van der Waals surface area contributed by atoms with Crippen LogP contribution in [0, 0.1) is 22.7 Å². The van der Waals surface area contributed by atoms with Crippen molar-refractivity contribution in [2.24, 2.45) is 0 Å². The molecule has 2 aromatic rings. The largest absolute Gasteiger partial charge is 0.492 e. The third kappa shape index (κ3) is 3.84. The number of hydrogen-bond donors (Lipinski definition) is 0. The third-order valence-electron chi connectivity index (χ3n) is 3.93. The van der Waals surface area contributed by atoms with E-state index >= 15 is 0 Å². The van der Waals surface area contributed by atoms with Crippen LogP contribution in [0.2, 0.25) is 0 Å². The summed E-state index contributed by atoms with van der Waals surface area (Å²) in [5.74, 6) is 1.41. The van der Waals surface area contributed by atoms with Crippen LogP contribution < -0.4 is 9.57 Å². The maximum Gasteiger partial charge on any atom is 0.147 e. The third-order valence-corrected chi connectivity index (χ3v) is 3.93. The summed E-state index contributed by atoms with van der Waals surface area (Å²) in [6.07, 6.45) is 2.04. The summed E-state index contributed by atoms with van der Waals surface area (Å²) >= 11 is 0. The number of nitrogens with zero attached hydrogens (tertiary/aromatic N) is 3. The lowest BCUT2D eigenvalue weighted by Crippen LogP contribution is -2.36. The molecule has 24 heavy (non-hydrogen) atoms. The van der Waals surface area contributed by atoms with Crippen molar-refractivity contribution < 1.29 is 9.57 Å². The molecule has 5 nitrogen and oxygen atoms in total. The van der Waals surface area contributed by atoms with Crippen LogP contribution in [0.25, 0.3) is 0 Å². The number of rotatable bonds is 5. The first-order chi connectivity index (χ1) is 11.8. The molecule has 2 aromatic carbocycles. The Hall–Kier alpha value is -3.02. The first-order valence-electron chi connectivity index (χ1n) is 7.86. The van der Waals surface area contributed by atoms with E-state index in [-0.39, 0.29) is 6.04 Å². The van der Waals surface area contributed by atoms with Crippen LogP contribution in [0.5, 0.6) is 11.5 Å². The summed E-state index contributed by atoms with van der Waals surface area (Å²) < 4.78 is 5.82. The van der Waals surface area contributed by atoms with Crippen molar-refractivity contribution in [3.63, 3.8) is 0 Å². The topological polar surface area (TPSA) is 69.3 Å². The molecule has 120 valence electrons. The molecule has 1 atom stereocenters. The molecule has 0 aromatic heterocycles. The Morgan fingerprint density at radius 3 is 2.54 bits per heavy atom. The summed E-state index contributed by atoms with van der Waals surface area (Å²) in [6.45, 7) is 1.34. The van der Waals surface area contributed by atoms with Gasteiger partial charge in [0.05, 0.1) is 29.3 Å². The van der Waals surface area contributed by atoms with E-state index in [4.69, 9.17) is 20.1 Å². The van der Waals surface area contributed by atoms with Crippen LogP contribution in [0.1, 0.15) is 24.0 Å². The Balaban J connectivity index is 1.58. The molecule has 1 aliphatic rings. The van der Waals surface area contributed by atoms with Crippen molar-refractivity contribution in [1.82, 2.24) is 5.06 Å². The second-order valence-corrected chi connectivity index (χ2v) is 5.61. The van der Waals surface area contributed by atoms with E-state index in [1.807, 2.05) is 17.2 Å². The Morgan fingerprint density at radius 1 is 1.00 bits per heavy atom. The zero-order chi connectivity index (χ0) is 16.8. The molecule has 5 heteroatoms. The van der Waals surface area contributed by atoms with Crippen LogP contribution in [-0.2, 0) is 0 Å². The SMILES string of the molecule is N#Cc1ccc(ON2CCC[C@@H]2COc2cccc(C#N)c2)cc1. The minimum atomic E-state index is 0.159. The average molecular weight is 319 g/mol. The predicted octanol–water partition coefficient (Wildman–Crippen LogP) is 3.27. The van der Waals surface area contributed by atoms with Gasteiger partial charge in [0.2, 0.25) is 0 Å². The second-order valence-electron chi connectivity index (χ2n) is 5.61. The van der Waals surface area contributed by atoms with E-state index in [1.54, 1.807) is 36.4 Å². The number of hydroxylamine groups is 2. The van der Waals surface area contributed by atoms with Gasteiger partial charge in [-0.05, 0) is 55.3 Å². The zero-order valence-corrected chi connectivity index (χ0v) is 13.2. The molecule has 1 heterocycles. The molecule has 0 bridgehead atoms. The number of benzene rings is 2. The van der Waals surface area contributed by atoms with E-state index in [2.05, 4.69) is 12.1 Å². The molecule has 1 saturated heterocycles. The molecular formula is C19H17N3O2. The minimum Gasteiger partial charge on any atom is -0.492 e. The van der Waals surface area contributed by atoms with Gasteiger partial charge in [0.15, 0.2) is 0 Å². The molecule has 0 radical (unpaired) electrons. The van der Waals surface area contributed by atoms with Gasteiger partial charge in [-0.1, -0.05) is 6.07 Å². The van der Waals surface area contributed by atoms with Gasteiger partial charge in [-0.3, -0.25) is 0 Å². The van der Waals surface area contributed by atoms with Gasteiger partial charge in [0.1, 0.15) is 18.1 Å². The number of ether oxygens (including phenoxy) is 1. The van der Waals surface area contributed by atoms with E-state index in [9.17, 15) is 0 Å². The summed E-state index contributed by atoms with van der Waals surface area (Å²) in [6, 6.07) is 18.6. The summed E-state index contributed by atoms with van der Waals surface area (Å²) in [7, 11) is 0. The standard InChI is InChI=1S/C19H17N3O2/c20-12-15-6-8-18(9-7-15)24-22-10-2-4-17(22)14-23-19-5-1-3-16(11-19)13-21/h1,3,5-9,11,17H,2,4,10,14H2/t17-/m1/s1. The minimum absolute atomic E-state index is 0.159. The fourth-order valence-electron chi connectivity index (χ4n) is 2.67. The maximum absolute atomic E-state index is 8.93. The molecule has 0 spiro atoms. The Kier molecular flexibility index (Phi) is 4.96. The van der Waals surface area contributed by atoms with E-state index in [1.165, 1.54) is 0 Å². The molecule has 0 amide bonds. The van der Waals surface area contributed by atoms with E-state index in [0.29, 0.717) is 29.2 Å². The highest BCUT2D eigenvalue weighted by Gasteiger charge is 2.27. The number of nitriles is 2. The van der Waals surface area contributed by atoms with Crippen LogP contribution in [0.3, 0.4) is 0 Å². The van der Waals surface area contributed by atoms with Gasteiger partial charge < -0.3 is 9.57 Å². The summed E-state index contributed by atoms with van der Waals surface area (Å²) in [4.78, 5) is 5.91. The zero-order valence-electron chi connectivity index (χ0n) is 13.2. The fourth-order valence-corrected chi connectivity index (χ4v) is 2.67. The van der Waals surface area contributed by atoms with Crippen molar-refractivity contribution in [2.45, 2.75) is 18.9 Å². The van der Waals surface area contributed by atoms with Gasteiger partial charge >= 0.3 is 0 Å². The average Bonchev–Trinajstić information content (AvgIpc) is 3.08. The maximum atomic E-state index is 8.93. The molecule has 0 aliphatic carbocycles. The highest BCUT2D eigenvalue weighted by Crippen LogP contribution is 2.22. The van der Waals surface area contributed by atoms with Crippen molar-refractivity contribution in [2.75, 3.05) is 13.2 Å². The van der Waals surface area contributed by atoms with Gasteiger partial charge in [-0.15, -0.1) is 5.06 Å². The van der Waals surface area contributed by atoms with Crippen LogP contribution >= 0.6 is 0 Å². The van der Waals surface area contributed by atoms with Crippen molar-refractivity contribution in [3.05, 3.63) is 59.7 Å². The highest BCUT2D eigenvalue weighted by molar-refractivity contribution is 5.36. The van der Waals surface area contributed by atoms with Crippen LogP contribution in [0.15, 0.2) is 48.5 Å². The van der Waals surface area contributed by atoms with Gasteiger partial charge in [0.25, 0.3) is 0 Å². The lowest BCUT2D eigenvalue weighted by atomic mass is 10.2. The normalized spacial score (nSPS) is 17.0. The van der Waals surface area contributed by atoms with E-state index < -0.39 is 0 Å². The quantitative estimate of drug-likeness (QED) is 0.846. The van der Waals surface area contributed by atoms with Crippen molar-refractivity contribution >= 4 is 0 Å². The van der Waals surface area contributed by atoms with Crippen LogP contribution in [0.4, 0.5) is 0 Å². The van der Waals surface area contributed by atoms with Gasteiger partial charge in [-0.25, -0.2) is 0 Å². The lowest BCUT2D eigenvalue weighted by Gasteiger charge is -2.24. The first-order valence-corrected chi connectivity index (χ1v) is 7.86. The Bertz CT molecular complexity index is 774. The molecule has 1 fully saturated rings. The Labute approximate surface area is 141 Å². The predicted molar refractivity (Wildman–Crippen MR) is 88.2 cm³/mol. The fraction of sp³-hybridized carbons (Fsp3) is 0.263. The van der Waals surface area contributed by atoms with Gasteiger partial charge in [-0.2, -0.15) is 10.5 Å². The summed E-state index contributed by atoms with van der Waals surface area (Å²) in [5, 5.41) is 19.7. The van der Waals surface area contributed by atoms with Crippen LogP contribution in [-0.4, -0.2) is 24.3 Å². The molecule has 3 rings (SSSR count). The Morgan fingerprint density at radius 2 is 1.79 bits per heavy atom. The highest BCUT2D eigenvalue weighted by atomic mass is 16.7. The first kappa shape index (κ1) is 15.9. The molecule has 0 saturated carbocycles. The number of hydrogen-bond acceptors (Lipinski definition) is 5.